The molecule has 0 saturated carbocycles. The number of rotatable bonds is 3. The maximum absolute atomic E-state index is 15.4. The Hall–Kier alpha value is -2.22. The Bertz CT molecular complexity index is 983. The first kappa shape index (κ1) is 19.1. The summed E-state index contributed by atoms with van der Waals surface area (Å²) in [6.07, 6.45) is 2.69. The van der Waals surface area contributed by atoms with Gasteiger partial charge in [0.25, 0.3) is 0 Å². The molecular formula is C20H23F2N3O2S. The van der Waals surface area contributed by atoms with Crippen LogP contribution in [0.3, 0.4) is 0 Å². The third kappa shape index (κ3) is 3.34. The Morgan fingerprint density at radius 2 is 1.89 bits per heavy atom. The molecule has 4 rings (SSSR count). The number of anilines is 2. The summed E-state index contributed by atoms with van der Waals surface area (Å²) in [5.41, 5.74) is 0.641. The van der Waals surface area contributed by atoms with E-state index in [9.17, 15) is 8.42 Å². The van der Waals surface area contributed by atoms with E-state index < -0.39 is 26.5 Å². The molecule has 0 amide bonds. The highest BCUT2D eigenvalue weighted by molar-refractivity contribution is 7.91. The Labute approximate surface area is 163 Å². The highest BCUT2D eigenvalue weighted by Crippen LogP contribution is 2.39. The van der Waals surface area contributed by atoms with Gasteiger partial charge in [0.05, 0.1) is 5.75 Å². The van der Waals surface area contributed by atoms with Crippen molar-refractivity contribution in [1.29, 1.82) is 0 Å². The number of fused-ring (bicyclic) bond motifs is 1. The highest BCUT2D eigenvalue weighted by atomic mass is 32.2. The van der Waals surface area contributed by atoms with Gasteiger partial charge in [-0.15, -0.1) is 0 Å². The standard InChI is InChI=1S/C20H23F2N3O2S/c1-14-7-5-6-10-25(14)20-16(21)18-17(19(22)23-20)24(11-12-28(18,26)27)13-15-8-3-2-4-9-15/h2-4,8-9,14H,5-7,10-13H2,1H3/t14-/m1/s1. The molecule has 1 aromatic carbocycles. The predicted octanol–water partition coefficient (Wildman–Crippen LogP) is 3.53. The van der Waals surface area contributed by atoms with Crippen molar-refractivity contribution in [2.24, 2.45) is 0 Å². The second kappa shape index (κ2) is 7.31. The van der Waals surface area contributed by atoms with Gasteiger partial charge in [-0.25, -0.2) is 12.8 Å². The number of benzene rings is 1. The predicted molar refractivity (Wildman–Crippen MR) is 104 cm³/mol. The van der Waals surface area contributed by atoms with Crippen LogP contribution in [0, 0.1) is 11.8 Å². The van der Waals surface area contributed by atoms with Gasteiger partial charge < -0.3 is 9.80 Å². The van der Waals surface area contributed by atoms with E-state index in [1.165, 1.54) is 0 Å². The first-order chi connectivity index (χ1) is 13.4. The average molecular weight is 407 g/mol. The SMILES string of the molecule is C[C@@H]1CCCCN1c1nc(F)c2c(c1F)S(=O)(=O)CCN2Cc1ccccc1. The van der Waals surface area contributed by atoms with Crippen LogP contribution in [0.5, 0.6) is 0 Å². The van der Waals surface area contributed by atoms with Crippen LogP contribution in [-0.2, 0) is 16.4 Å². The van der Waals surface area contributed by atoms with Crippen molar-refractivity contribution >= 4 is 21.3 Å². The lowest BCUT2D eigenvalue weighted by molar-refractivity contribution is 0.456. The summed E-state index contributed by atoms with van der Waals surface area (Å²) in [6.45, 7) is 2.85. The fourth-order valence-corrected chi connectivity index (χ4v) is 5.60. The van der Waals surface area contributed by atoms with Crippen molar-refractivity contribution in [3.05, 3.63) is 47.7 Å². The second-order valence-electron chi connectivity index (χ2n) is 7.48. The molecule has 28 heavy (non-hydrogen) atoms. The molecule has 1 atom stereocenters. The zero-order valence-corrected chi connectivity index (χ0v) is 16.6. The molecule has 1 fully saturated rings. The van der Waals surface area contributed by atoms with E-state index in [0.717, 1.165) is 24.8 Å². The van der Waals surface area contributed by atoms with Gasteiger partial charge in [0.2, 0.25) is 5.95 Å². The fraction of sp³-hybridized carbons (Fsp3) is 0.450. The number of piperidine rings is 1. The largest absolute Gasteiger partial charge is 0.361 e. The van der Waals surface area contributed by atoms with Gasteiger partial charge in [0.1, 0.15) is 10.6 Å². The van der Waals surface area contributed by atoms with Crippen LogP contribution in [0.25, 0.3) is 0 Å². The zero-order chi connectivity index (χ0) is 19.9. The monoisotopic (exact) mass is 407 g/mol. The van der Waals surface area contributed by atoms with Crippen LogP contribution < -0.4 is 9.80 Å². The lowest BCUT2D eigenvalue weighted by Crippen LogP contribution is -2.41. The molecule has 3 heterocycles. The van der Waals surface area contributed by atoms with Crippen LogP contribution in [-0.4, -0.2) is 38.3 Å². The van der Waals surface area contributed by atoms with Crippen LogP contribution in [0.2, 0.25) is 0 Å². The summed E-state index contributed by atoms with van der Waals surface area (Å²) in [6, 6.07) is 9.30. The summed E-state index contributed by atoms with van der Waals surface area (Å²) in [4.78, 5) is 6.61. The number of nitrogens with zero attached hydrogens (tertiary/aromatic N) is 3. The summed E-state index contributed by atoms with van der Waals surface area (Å²) in [5, 5.41) is 0. The third-order valence-corrected chi connectivity index (χ3v) is 7.27. The molecule has 5 nitrogen and oxygen atoms in total. The minimum atomic E-state index is -3.92. The van der Waals surface area contributed by atoms with Crippen molar-refractivity contribution in [2.45, 2.75) is 43.7 Å². The molecule has 2 aliphatic rings. The molecule has 0 aliphatic carbocycles. The Balaban J connectivity index is 1.82. The topological polar surface area (TPSA) is 53.5 Å². The third-order valence-electron chi connectivity index (χ3n) is 5.56. The minimum Gasteiger partial charge on any atom is -0.361 e. The van der Waals surface area contributed by atoms with Gasteiger partial charge in [-0.05, 0) is 31.7 Å². The molecular weight excluding hydrogens is 384 g/mol. The molecule has 0 unspecified atom stereocenters. The van der Waals surface area contributed by atoms with Gasteiger partial charge >= 0.3 is 0 Å². The first-order valence-corrected chi connectivity index (χ1v) is 11.2. The molecule has 150 valence electrons. The van der Waals surface area contributed by atoms with Gasteiger partial charge in [0.15, 0.2) is 21.5 Å². The molecule has 2 aliphatic heterocycles. The number of halogens is 2. The normalized spacial score (nSPS) is 21.5. The number of hydrogen-bond acceptors (Lipinski definition) is 5. The minimum absolute atomic E-state index is 0.0140. The van der Waals surface area contributed by atoms with E-state index in [4.69, 9.17) is 0 Å². The van der Waals surface area contributed by atoms with Crippen LogP contribution in [0.15, 0.2) is 35.2 Å². The van der Waals surface area contributed by atoms with Crippen molar-refractivity contribution in [2.75, 3.05) is 28.6 Å². The van der Waals surface area contributed by atoms with Crippen LogP contribution in [0.1, 0.15) is 31.7 Å². The second-order valence-corrected chi connectivity index (χ2v) is 9.53. The smallest absolute Gasteiger partial charge is 0.239 e. The summed E-state index contributed by atoms with van der Waals surface area (Å²) in [7, 11) is -3.92. The molecule has 1 aromatic heterocycles. The quantitative estimate of drug-likeness (QED) is 0.729. The lowest BCUT2D eigenvalue weighted by Gasteiger charge is -2.36. The van der Waals surface area contributed by atoms with E-state index in [-0.39, 0.29) is 29.8 Å². The van der Waals surface area contributed by atoms with Crippen LogP contribution >= 0.6 is 0 Å². The maximum Gasteiger partial charge on any atom is 0.239 e. The molecule has 8 heteroatoms. The van der Waals surface area contributed by atoms with E-state index in [0.29, 0.717) is 13.1 Å². The van der Waals surface area contributed by atoms with Gasteiger partial charge in [-0.2, -0.15) is 9.37 Å². The van der Waals surface area contributed by atoms with Crippen molar-refractivity contribution in [3.8, 4) is 0 Å². The molecule has 0 radical (unpaired) electrons. The van der Waals surface area contributed by atoms with Crippen molar-refractivity contribution in [3.63, 3.8) is 0 Å². The van der Waals surface area contributed by atoms with E-state index >= 15 is 8.78 Å². The number of aromatic nitrogens is 1. The van der Waals surface area contributed by atoms with Gasteiger partial charge in [0, 0.05) is 25.7 Å². The maximum atomic E-state index is 15.4. The molecule has 2 aromatic rings. The molecule has 1 saturated heterocycles. The Morgan fingerprint density at radius 1 is 1.14 bits per heavy atom. The van der Waals surface area contributed by atoms with Crippen molar-refractivity contribution < 1.29 is 17.2 Å². The molecule has 0 N–H and O–H groups in total. The van der Waals surface area contributed by atoms with E-state index in [2.05, 4.69) is 4.98 Å². The number of sulfone groups is 1. The van der Waals surface area contributed by atoms with Crippen molar-refractivity contribution in [1.82, 2.24) is 4.98 Å². The fourth-order valence-electron chi connectivity index (χ4n) is 4.06. The Kier molecular flexibility index (Phi) is 4.99. The number of hydrogen-bond donors (Lipinski definition) is 0. The lowest BCUT2D eigenvalue weighted by atomic mass is 10.0. The Morgan fingerprint density at radius 3 is 2.61 bits per heavy atom. The van der Waals surface area contributed by atoms with Gasteiger partial charge in [-0.3, -0.25) is 0 Å². The van der Waals surface area contributed by atoms with Crippen LogP contribution in [0.4, 0.5) is 20.3 Å². The molecule has 0 bridgehead atoms. The molecule has 0 spiro atoms. The summed E-state index contributed by atoms with van der Waals surface area (Å²) >= 11 is 0. The highest BCUT2D eigenvalue weighted by Gasteiger charge is 2.38. The van der Waals surface area contributed by atoms with E-state index in [1.807, 2.05) is 37.3 Å². The summed E-state index contributed by atoms with van der Waals surface area (Å²) < 4.78 is 55.9. The summed E-state index contributed by atoms with van der Waals surface area (Å²) in [5.74, 6) is -2.29. The average Bonchev–Trinajstić information content (AvgIpc) is 2.67. The first-order valence-electron chi connectivity index (χ1n) is 9.56. The zero-order valence-electron chi connectivity index (χ0n) is 15.7. The number of pyridine rings is 1. The van der Waals surface area contributed by atoms with Gasteiger partial charge in [-0.1, -0.05) is 30.3 Å². The van der Waals surface area contributed by atoms with E-state index in [1.54, 1.807) is 9.80 Å².